The Hall–Kier alpha value is -2.50. The van der Waals surface area contributed by atoms with E-state index in [-0.39, 0.29) is 25.4 Å². The highest BCUT2D eigenvalue weighted by Gasteiger charge is 2.35. The highest BCUT2D eigenvalue weighted by atomic mass is 19.4. The van der Waals surface area contributed by atoms with Crippen LogP contribution in [0.3, 0.4) is 0 Å². The lowest BCUT2D eigenvalue weighted by Gasteiger charge is -2.17. The summed E-state index contributed by atoms with van der Waals surface area (Å²) in [6.45, 7) is 3.60. The average Bonchev–Trinajstić information content (AvgIpc) is 2.60. The van der Waals surface area contributed by atoms with Gasteiger partial charge in [0.15, 0.2) is 0 Å². The minimum absolute atomic E-state index is 0.0441. The van der Waals surface area contributed by atoms with Crippen LogP contribution < -0.4 is 4.74 Å². The first-order valence-corrected chi connectivity index (χ1v) is 8.34. The topological polar surface area (TPSA) is 35.5 Å². The molecule has 0 aliphatic carbocycles. The normalized spacial score (nSPS) is 12.5. The molecule has 0 amide bonds. The Morgan fingerprint density at radius 2 is 1.77 bits per heavy atom. The van der Waals surface area contributed by atoms with Gasteiger partial charge in [0.2, 0.25) is 0 Å². The van der Waals surface area contributed by atoms with Crippen molar-refractivity contribution < 1.29 is 27.4 Å². The maximum atomic E-state index is 13.4. The summed E-state index contributed by atoms with van der Waals surface area (Å²) in [5.74, 6) is -1.17. The van der Waals surface area contributed by atoms with Gasteiger partial charge in [-0.05, 0) is 36.6 Å². The summed E-state index contributed by atoms with van der Waals surface area (Å²) in [5, 5.41) is 0. The second-order valence-electron chi connectivity index (χ2n) is 5.96. The second-order valence-corrected chi connectivity index (χ2v) is 5.96. The zero-order valence-corrected chi connectivity index (χ0v) is 14.7. The fraction of sp³-hybridized carbons (Fsp3) is 0.350. The molecule has 0 aliphatic rings. The van der Waals surface area contributed by atoms with Crippen molar-refractivity contribution >= 4 is 5.97 Å². The van der Waals surface area contributed by atoms with Crippen molar-refractivity contribution in [2.24, 2.45) is 5.92 Å². The van der Waals surface area contributed by atoms with Crippen LogP contribution in [0.25, 0.3) is 0 Å². The zero-order chi connectivity index (χ0) is 19.2. The first-order valence-electron chi connectivity index (χ1n) is 8.34. The van der Waals surface area contributed by atoms with Gasteiger partial charge < -0.3 is 9.47 Å². The summed E-state index contributed by atoms with van der Waals surface area (Å²) < 4.78 is 50.5. The molecule has 1 atom stereocenters. The fourth-order valence-electron chi connectivity index (χ4n) is 2.51. The number of esters is 1. The number of carbonyl (C=O) groups excluding carboxylic acids is 1. The minimum atomic E-state index is -4.55. The van der Waals surface area contributed by atoms with E-state index >= 15 is 0 Å². The maximum Gasteiger partial charge on any atom is 0.419 e. The highest BCUT2D eigenvalue weighted by molar-refractivity contribution is 5.72. The Morgan fingerprint density at radius 3 is 2.38 bits per heavy atom. The van der Waals surface area contributed by atoms with Gasteiger partial charge in [-0.3, -0.25) is 4.79 Å². The van der Waals surface area contributed by atoms with Crippen molar-refractivity contribution in [1.82, 2.24) is 0 Å². The summed E-state index contributed by atoms with van der Waals surface area (Å²) in [7, 11) is 0. The van der Waals surface area contributed by atoms with Crippen LogP contribution in [0.4, 0.5) is 13.2 Å². The smallest absolute Gasteiger partial charge is 0.419 e. The van der Waals surface area contributed by atoms with Gasteiger partial charge in [-0.1, -0.05) is 43.3 Å². The number of benzene rings is 2. The second kappa shape index (κ2) is 8.74. The number of hydrogen-bond acceptors (Lipinski definition) is 3. The lowest BCUT2D eigenvalue weighted by atomic mass is 9.99. The van der Waals surface area contributed by atoms with E-state index in [4.69, 9.17) is 9.47 Å². The molecule has 0 bridgehead atoms. The van der Waals surface area contributed by atoms with E-state index < -0.39 is 23.6 Å². The highest BCUT2D eigenvalue weighted by Crippen LogP contribution is 2.37. The van der Waals surface area contributed by atoms with Crippen LogP contribution in [-0.2, 0) is 28.7 Å². The van der Waals surface area contributed by atoms with E-state index in [1.165, 1.54) is 6.07 Å². The van der Waals surface area contributed by atoms with Crippen LogP contribution in [0, 0.1) is 5.92 Å². The van der Waals surface area contributed by atoms with Gasteiger partial charge in [-0.2, -0.15) is 13.2 Å². The predicted octanol–water partition coefficient (Wildman–Crippen LogP) is 5.03. The molecule has 1 unspecified atom stereocenters. The van der Waals surface area contributed by atoms with E-state index in [2.05, 4.69) is 0 Å². The molecule has 0 fully saturated rings. The first-order chi connectivity index (χ1) is 12.3. The molecule has 140 valence electrons. The van der Waals surface area contributed by atoms with Crippen LogP contribution in [0.15, 0.2) is 48.5 Å². The van der Waals surface area contributed by atoms with E-state index in [0.717, 1.165) is 11.6 Å². The van der Waals surface area contributed by atoms with Crippen molar-refractivity contribution in [2.75, 3.05) is 6.61 Å². The Morgan fingerprint density at radius 1 is 1.08 bits per heavy atom. The molecular weight excluding hydrogens is 345 g/mol. The molecule has 0 saturated heterocycles. The average molecular weight is 366 g/mol. The van der Waals surface area contributed by atoms with Crippen LogP contribution in [0.5, 0.6) is 5.75 Å². The molecule has 2 aromatic carbocycles. The van der Waals surface area contributed by atoms with Gasteiger partial charge in [0.05, 0.1) is 18.1 Å². The van der Waals surface area contributed by atoms with Gasteiger partial charge >= 0.3 is 12.1 Å². The van der Waals surface area contributed by atoms with Crippen LogP contribution in [0.2, 0.25) is 0 Å². The summed E-state index contributed by atoms with van der Waals surface area (Å²) >= 11 is 0. The van der Waals surface area contributed by atoms with Gasteiger partial charge in [-0.25, -0.2) is 0 Å². The van der Waals surface area contributed by atoms with Crippen LogP contribution in [-0.4, -0.2) is 12.6 Å². The first kappa shape index (κ1) is 19.8. The third-order valence-electron chi connectivity index (χ3n) is 3.82. The quantitative estimate of drug-likeness (QED) is 0.645. The lowest BCUT2D eigenvalue weighted by Crippen LogP contribution is -2.17. The molecule has 0 spiro atoms. The monoisotopic (exact) mass is 366 g/mol. The lowest BCUT2D eigenvalue weighted by molar-refractivity contribution is -0.147. The Kier molecular flexibility index (Phi) is 6.66. The molecule has 0 aliphatic heterocycles. The SMILES string of the molecule is CCOC(=O)C(C)Cc1ccc(OCc2ccccc2)c(C(F)(F)F)c1. The molecule has 0 saturated carbocycles. The zero-order valence-electron chi connectivity index (χ0n) is 14.7. The van der Waals surface area contributed by atoms with Gasteiger partial charge in [0.1, 0.15) is 12.4 Å². The molecule has 0 heterocycles. The number of alkyl halides is 3. The molecule has 2 rings (SSSR count). The molecule has 0 aromatic heterocycles. The van der Waals surface area contributed by atoms with Crippen LogP contribution >= 0.6 is 0 Å². The number of ether oxygens (including phenoxy) is 2. The number of halogens is 3. The molecule has 6 heteroatoms. The van der Waals surface area contributed by atoms with Crippen LogP contribution in [0.1, 0.15) is 30.5 Å². The van der Waals surface area contributed by atoms with E-state index in [1.54, 1.807) is 44.2 Å². The maximum absolute atomic E-state index is 13.4. The Balaban J connectivity index is 2.17. The summed E-state index contributed by atoms with van der Waals surface area (Å²) in [5.41, 5.74) is 0.340. The van der Waals surface area contributed by atoms with Crippen molar-refractivity contribution in [2.45, 2.75) is 33.1 Å². The molecular formula is C20H21F3O3. The van der Waals surface area contributed by atoms with Crippen molar-refractivity contribution in [3.63, 3.8) is 0 Å². The summed E-state index contributed by atoms with van der Waals surface area (Å²) in [4.78, 5) is 11.7. The Labute approximate surface area is 150 Å². The van der Waals surface area contributed by atoms with E-state index in [9.17, 15) is 18.0 Å². The Bertz CT molecular complexity index is 727. The fourth-order valence-corrected chi connectivity index (χ4v) is 2.51. The van der Waals surface area contributed by atoms with E-state index in [0.29, 0.717) is 5.56 Å². The van der Waals surface area contributed by atoms with Crippen molar-refractivity contribution in [1.29, 1.82) is 0 Å². The third-order valence-corrected chi connectivity index (χ3v) is 3.82. The summed E-state index contributed by atoms with van der Waals surface area (Å²) in [6.07, 6.45) is -4.38. The molecule has 0 radical (unpaired) electrons. The molecule has 3 nitrogen and oxygen atoms in total. The van der Waals surface area contributed by atoms with Crippen molar-refractivity contribution in [3.8, 4) is 5.75 Å². The molecule has 26 heavy (non-hydrogen) atoms. The third kappa shape index (κ3) is 5.51. The summed E-state index contributed by atoms with van der Waals surface area (Å²) in [6, 6.07) is 12.9. The molecule has 2 aromatic rings. The predicted molar refractivity (Wildman–Crippen MR) is 91.7 cm³/mol. The van der Waals surface area contributed by atoms with Gasteiger partial charge in [-0.15, -0.1) is 0 Å². The number of carbonyl (C=O) groups is 1. The van der Waals surface area contributed by atoms with E-state index in [1.807, 2.05) is 6.07 Å². The standard InChI is InChI=1S/C20H21F3O3/c1-3-25-19(24)14(2)11-16-9-10-18(17(12-16)20(21,22)23)26-13-15-7-5-4-6-8-15/h4-10,12,14H,3,11,13H2,1-2H3. The van der Waals surface area contributed by atoms with Gasteiger partial charge in [0, 0.05) is 0 Å². The van der Waals surface area contributed by atoms with Gasteiger partial charge in [0.25, 0.3) is 0 Å². The number of hydrogen-bond donors (Lipinski definition) is 0. The largest absolute Gasteiger partial charge is 0.488 e. The minimum Gasteiger partial charge on any atom is -0.488 e. The molecule has 0 N–H and O–H groups in total. The number of rotatable bonds is 7. The van der Waals surface area contributed by atoms with Crippen molar-refractivity contribution in [3.05, 3.63) is 65.2 Å².